The van der Waals surface area contributed by atoms with Crippen LogP contribution in [-0.2, 0) is 25.8 Å². The molecule has 0 amide bonds. The molecule has 6 rings (SSSR count). The molecule has 0 bridgehead atoms. The van der Waals surface area contributed by atoms with Crippen LogP contribution in [0.2, 0.25) is 13.1 Å². The molecule has 0 atom stereocenters. The smallest absolute Gasteiger partial charge is 0.358 e. The van der Waals surface area contributed by atoms with Crippen molar-refractivity contribution in [3.05, 3.63) is 135 Å². The van der Waals surface area contributed by atoms with Gasteiger partial charge in [0.05, 0.1) is 0 Å². The fourth-order valence-electron chi connectivity index (χ4n) is 6.81. The van der Waals surface area contributed by atoms with Gasteiger partial charge < -0.3 is 14.9 Å². The Labute approximate surface area is 274 Å². The molecule has 0 unspecified atom stereocenters. The zero-order chi connectivity index (χ0) is 27.3. The molecule has 0 spiro atoms. The van der Waals surface area contributed by atoms with E-state index >= 15 is 0 Å². The van der Waals surface area contributed by atoms with Crippen LogP contribution < -0.4 is 10.4 Å². The largest absolute Gasteiger partial charge is 4.00 e. The van der Waals surface area contributed by atoms with Crippen molar-refractivity contribution in [2.75, 3.05) is 0 Å². The zero-order valence-electron chi connectivity index (χ0n) is 26.5. The molecule has 0 saturated heterocycles. The number of benzene rings is 4. The summed E-state index contributed by atoms with van der Waals surface area (Å²) >= 11 is 0. The van der Waals surface area contributed by atoms with Crippen LogP contribution in [0.3, 0.4) is 0 Å². The summed E-state index contributed by atoms with van der Waals surface area (Å²) in [6.07, 6.45) is 0. The molecule has 0 aliphatic rings. The second kappa shape index (κ2) is 13.2. The minimum Gasteiger partial charge on any atom is -0.358 e. The average molecular weight is 731 g/mol. The molecule has 0 fully saturated rings. The Morgan fingerprint density at radius 2 is 0.857 bits per heavy atom. The van der Waals surface area contributed by atoms with Crippen molar-refractivity contribution in [3.8, 4) is 22.3 Å². The standard InChI is InChI=1S/C38H38Si.2CH3.Hf/c1-25(2)33-23-29-19-13-21-31(27-15-9-7-10-16-27)35(29)37(33)39(5,6)38-34(26(3)4)24-30-20-14-22-32(36(30)38)28-17-11-8-12-18-28;;;/h7-26H,1-6H3;2*1H3;/q-2;2*-1;+4. The normalized spacial score (nSPS) is 11.4. The Morgan fingerprint density at radius 1 is 0.500 bits per heavy atom. The van der Waals surface area contributed by atoms with E-state index < -0.39 is 8.07 Å². The van der Waals surface area contributed by atoms with Crippen LogP contribution in [0.4, 0.5) is 0 Å². The van der Waals surface area contributed by atoms with E-state index in [4.69, 9.17) is 0 Å². The van der Waals surface area contributed by atoms with Gasteiger partial charge in [-0.15, -0.1) is 69.1 Å². The summed E-state index contributed by atoms with van der Waals surface area (Å²) in [6, 6.07) is 40.7. The Hall–Kier alpha value is -2.81. The minimum atomic E-state index is -2.22. The quantitative estimate of drug-likeness (QED) is 0.118. The molecule has 0 aliphatic carbocycles. The minimum absolute atomic E-state index is 0. The first-order chi connectivity index (χ1) is 18.8. The van der Waals surface area contributed by atoms with Gasteiger partial charge in [0.1, 0.15) is 0 Å². The van der Waals surface area contributed by atoms with Crippen LogP contribution in [0.5, 0.6) is 0 Å². The van der Waals surface area contributed by atoms with Crippen LogP contribution in [-0.4, -0.2) is 8.07 Å². The van der Waals surface area contributed by atoms with Crippen LogP contribution in [0.25, 0.3) is 43.8 Å². The molecule has 0 N–H and O–H groups in total. The third-order valence-corrected chi connectivity index (χ3v) is 12.1. The van der Waals surface area contributed by atoms with Crippen molar-refractivity contribution in [2.24, 2.45) is 0 Å². The van der Waals surface area contributed by atoms with Gasteiger partial charge in [-0.1, -0.05) is 125 Å². The van der Waals surface area contributed by atoms with E-state index in [0.29, 0.717) is 11.8 Å². The first kappa shape index (κ1) is 33.7. The Bertz CT molecular complexity index is 1630. The second-order valence-electron chi connectivity index (χ2n) is 12.2. The molecule has 0 aliphatic heterocycles. The molecule has 212 valence electrons. The van der Waals surface area contributed by atoms with Gasteiger partial charge >= 0.3 is 25.8 Å². The molecular formula is C40H44HfSi. The van der Waals surface area contributed by atoms with Crippen molar-refractivity contribution in [1.29, 1.82) is 0 Å². The van der Waals surface area contributed by atoms with Crippen LogP contribution in [0, 0.1) is 14.9 Å². The SMILES string of the molecule is CC(C)c1[cH-]c2cccc(-c3ccccc3)c2c1[Si](C)(C)c1c(C(C)C)[cH-]c2cccc(-c3ccccc3)c12.[CH3-].[CH3-].[Hf+4]. The Morgan fingerprint density at radius 3 is 1.19 bits per heavy atom. The summed E-state index contributed by atoms with van der Waals surface area (Å²) in [5.74, 6) is 0.917. The van der Waals surface area contributed by atoms with Crippen LogP contribution >= 0.6 is 0 Å². The molecule has 0 radical (unpaired) electrons. The number of fused-ring (bicyclic) bond motifs is 2. The van der Waals surface area contributed by atoms with Gasteiger partial charge in [-0.2, -0.15) is 10.4 Å². The van der Waals surface area contributed by atoms with E-state index in [1.54, 1.807) is 10.4 Å². The third kappa shape index (κ3) is 5.61. The number of hydrogen-bond donors (Lipinski definition) is 0. The van der Waals surface area contributed by atoms with Gasteiger partial charge in [0.2, 0.25) is 0 Å². The van der Waals surface area contributed by atoms with Crippen LogP contribution in [0.1, 0.15) is 50.7 Å². The summed E-state index contributed by atoms with van der Waals surface area (Å²) < 4.78 is 0. The molecule has 6 aromatic carbocycles. The maximum absolute atomic E-state index is 2.61. The molecule has 0 saturated carbocycles. The van der Waals surface area contributed by atoms with Crippen molar-refractivity contribution in [2.45, 2.75) is 52.6 Å². The summed E-state index contributed by atoms with van der Waals surface area (Å²) in [5.41, 5.74) is 8.37. The van der Waals surface area contributed by atoms with E-state index in [9.17, 15) is 0 Å². The van der Waals surface area contributed by atoms with Crippen molar-refractivity contribution in [3.63, 3.8) is 0 Å². The predicted octanol–water partition coefficient (Wildman–Crippen LogP) is 10.7. The van der Waals surface area contributed by atoms with E-state index in [1.807, 2.05) is 0 Å². The number of hydrogen-bond acceptors (Lipinski definition) is 0. The monoisotopic (exact) mass is 732 g/mol. The van der Waals surface area contributed by atoms with Gasteiger partial charge in [0.15, 0.2) is 0 Å². The van der Waals surface area contributed by atoms with E-state index in [-0.39, 0.29) is 40.7 Å². The van der Waals surface area contributed by atoms with Crippen molar-refractivity contribution in [1.82, 2.24) is 0 Å². The fraction of sp³-hybridized carbons (Fsp3) is 0.200. The van der Waals surface area contributed by atoms with Gasteiger partial charge in [-0.05, 0) is 23.0 Å². The maximum Gasteiger partial charge on any atom is 4.00 e. The fourth-order valence-corrected chi connectivity index (χ4v) is 11.0. The molecular weight excluding hydrogens is 687 g/mol. The second-order valence-corrected chi connectivity index (χ2v) is 16.4. The van der Waals surface area contributed by atoms with E-state index in [0.717, 1.165) is 0 Å². The van der Waals surface area contributed by atoms with Gasteiger partial charge in [-0.25, -0.2) is 0 Å². The Kier molecular flexibility index (Phi) is 10.6. The van der Waals surface area contributed by atoms with Crippen LogP contribution in [0.15, 0.2) is 109 Å². The molecule has 0 aromatic heterocycles. The van der Waals surface area contributed by atoms with E-state index in [2.05, 4.69) is 150 Å². The summed E-state index contributed by atoms with van der Waals surface area (Å²) in [7, 11) is -2.22. The van der Waals surface area contributed by atoms with Crippen molar-refractivity contribution >= 4 is 40.0 Å². The molecule has 0 heterocycles. The first-order valence-corrected chi connectivity index (χ1v) is 17.4. The van der Waals surface area contributed by atoms with Crippen molar-refractivity contribution < 1.29 is 25.8 Å². The molecule has 0 nitrogen and oxygen atoms in total. The Balaban J connectivity index is 0.00000161. The van der Waals surface area contributed by atoms with Gasteiger partial charge in [0.25, 0.3) is 0 Å². The molecule has 2 heteroatoms. The number of rotatable bonds is 6. The average Bonchev–Trinajstić information content (AvgIpc) is 3.55. The predicted molar refractivity (Wildman–Crippen MR) is 188 cm³/mol. The zero-order valence-corrected chi connectivity index (χ0v) is 31.1. The topological polar surface area (TPSA) is 0 Å². The molecule has 42 heavy (non-hydrogen) atoms. The summed E-state index contributed by atoms with van der Waals surface area (Å²) in [4.78, 5) is 0. The van der Waals surface area contributed by atoms with Gasteiger partial charge in [0, 0.05) is 8.07 Å². The maximum atomic E-state index is 2.61. The summed E-state index contributed by atoms with van der Waals surface area (Å²) in [6.45, 7) is 14.7. The van der Waals surface area contributed by atoms with E-state index in [1.165, 1.54) is 54.9 Å². The first-order valence-electron chi connectivity index (χ1n) is 14.4. The third-order valence-electron chi connectivity index (χ3n) is 8.56. The van der Waals surface area contributed by atoms with Gasteiger partial charge in [-0.3, -0.25) is 0 Å². The summed E-state index contributed by atoms with van der Waals surface area (Å²) in [5, 5.41) is 8.91. The molecule has 6 aromatic rings.